The number of aliphatic hydroxyl groups is 1. The topological polar surface area (TPSA) is 50.7 Å². The van der Waals surface area contributed by atoms with Gasteiger partial charge in [0.2, 0.25) is 0 Å². The Kier molecular flexibility index (Phi) is 8.35. The highest BCUT2D eigenvalue weighted by atomic mass is 79.9. The number of halogens is 2. The van der Waals surface area contributed by atoms with Crippen molar-refractivity contribution in [2.45, 2.75) is 19.6 Å². The van der Waals surface area contributed by atoms with Gasteiger partial charge in [-0.25, -0.2) is 0 Å². The Morgan fingerprint density at radius 2 is 2.00 bits per heavy atom. The fraction of sp³-hybridized carbons (Fsp3) is 0.500. The van der Waals surface area contributed by atoms with Gasteiger partial charge in [-0.2, -0.15) is 0 Å². The number of rotatable bonds is 6. The van der Waals surface area contributed by atoms with Gasteiger partial charge < -0.3 is 19.9 Å². The van der Waals surface area contributed by atoms with Gasteiger partial charge >= 0.3 is 0 Å². The van der Waals surface area contributed by atoms with Crippen LogP contribution in [-0.4, -0.2) is 32.0 Å². The molecule has 0 fully saturated rings. The smallest absolute Gasteiger partial charge is 0.174 e. The summed E-state index contributed by atoms with van der Waals surface area (Å²) in [6.45, 7) is 2.98. The molecule has 0 aliphatic heterocycles. The van der Waals surface area contributed by atoms with Gasteiger partial charge in [-0.1, -0.05) is 0 Å². The Balaban J connectivity index is 0.00000289. The van der Waals surface area contributed by atoms with E-state index >= 15 is 0 Å². The Morgan fingerprint density at radius 1 is 1.33 bits per heavy atom. The van der Waals surface area contributed by atoms with Gasteiger partial charge in [-0.15, -0.1) is 12.4 Å². The minimum Gasteiger partial charge on any atom is -0.493 e. The summed E-state index contributed by atoms with van der Waals surface area (Å²) < 4.78 is 11.3. The standard InChI is InChI=1S/C12H18BrNO3.ClH/c1-8(15)6-14-7-9-4-10(13)12(17-3)11(5-9)16-2;/h4-5,8,14-15H,6-7H2,1-3H3;1H. The highest BCUT2D eigenvalue weighted by Gasteiger charge is 2.10. The van der Waals surface area contributed by atoms with Crippen LogP contribution in [0.4, 0.5) is 0 Å². The van der Waals surface area contributed by atoms with Gasteiger partial charge in [-0.05, 0) is 40.5 Å². The highest BCUT2D eigenvalue weighted by Crippen LogP contribution is 2.36. The van der Waals surface area contributed by atoms with E-state index in [2.05, 4.69) is 21.2 Å². The van der Waals surface area contributed by atoms with E-state index in [0.29, 0.717) is 24.6 Å². The summed E-state index contributed by atoms with van der Waals surface area (Å²) in [5.41, 5.74) is 1.06. The highest BCUT2D eigenvalue weighted by molar-refractivity contribution is 9.10. The molecule has 6 heteroatoms. The molecule has 0 heterocycles. The van der Waals surface area contributed by atoms with Gasteiger partial charge in [0.1, 0.15) is 0 Å². The van der Waals surface area contributed by atoms with Crippen LogP contribution in [0.15, 0.2) is 16.6 Å². The maximum atomic E-state index is 9.15. The molecule has 0 aromatic heterocycles. The van der Waals surface area contributed by atoms with Gasteiger partial charge in [0.05, 0.1) is 24.8 Å². The lowest BCUT2D eigenvalue weighted by atomic mass is 10.2. The number of aliphatic hydroxyl groups excluding tert-OH is 1. The van der Waals surface area contributed by atoms with Crippen molar-refractivity contribution >= 4 is 28.3 Å². The number of hydrogen-bond acceptors (Lipinski definition) is 4. The van der Waals surface area contributed by atoms with Crippen molar-refractivity contribution in [3.8, 4) is 11.5 Å². The first kappa shape index (κ1) is 17.5. The van der Waals surface area contributed by atoms with Crippen molar-refractivity contribution in [3.05, 3.63) is 22.2 Å². The van der Waals surface area contributed by atoms with Crippen LogP contribution in [0.1, 0.15) is 12.5 Å². The van der Waals surface area contributed by atoms with Gasteiger partial charge in [0, 0.05) is 13.1 Å². The van der Waals surface area contributed by atoms with E-state index in [1.807, 2.05) is 12.1 Å². The molecule has 0 radical (unpaired) electrons. The van der Waals surface area contributed by atoms with Crippen LogP contribution >= 0.6 is 28.3 Å². The van der Waals surface area contributed by atoms with Crippen LogP contribution in [0.2, 0.25) is 0 Å². The fourth-order valence-electron chi connectivity index (χ4n) is 1.50. The van der Waals surface area contributed by atoms with E-state index in [0.717, 1.165) is 10.0 Å². The first-order valence-corrected chi connectivity index (χ1v) is 6.17. The molecule has 0 aliphatic rings. The zero-order valence-corrected chi connectivity index (χ0v) is 13.1. The number of benzene rings is 1. The third kappa shape index (κ3) is 5.02. The van der Waals surface area contributed by atoms with Crippen LogP contribution in [0, 0.1) is 0 Å². The summed E-state index contributed by atoms with van der Waals surface area (Å²) >= 11 is 3.44. The lowest BCUT2D eigenvalue weighted by molar-refractivity contribution is 0.191. The van der Waals surface area contributed by atoms with Crippen LogP contribution in [0.5, 0.6) is 11.5 Å². The molecule has 2 N–H and O–H groups in total. The van der Waals surface area contributed by atoms with Crippen molar-refractivity contribution in [2.75, 3.05) is 20.8 Å². The number of nitrogens with one attached hydrogen (secondary N) is 1. The van der Waals surface area contributed by atoms with Gasteiger partial charge in [0.25, 0.3) is 0 Å². The molecule has 1 atom stereocenters. The van der Waals surface area contributed by atoms with Crippen LogP contribution in [0.25, 0.3) is 0 Å². The van der Waals surface area contributed by atoms with Crippen molar-refractivity contribution in [1.29, 1.82) is 0 Å². The lowest BCUT2D eigenvalue weighted by Gasteiger charge is -2.13. The van der Waals surface area contributed by atoms with Crippen molar-refractivity contribution < 1.29 is 14.6 Å². The molecule has 0 spiro atoms. The zero-order chi connectivity index (χ0) is 12.8. The minimum atomic E-state index is -0.349. The van der Waals surface area contributed by atoms with E-state index in [1.165, 1.54) is 0 Å². The minimum absolute atomic E-state index is 0. The second kappa shape index (κ2) is 8.58. The number of hydrogen-bond donors (Lipinski definition) is 2. The first-order valence-electron chi connectivity index (χ1n) is 5.37. The summed E-state index contributed by atoms with van der Waals surface area (Å²) in [6, 6.07) is 3.88. The van der Waals surface area contributed by atoms with Crippen LogP contribution in [0.3, 0.4) is 0 Å². The summed E-state index contributed by atoms with van der Waals surface area (Å²) in [7, 11) is 3.21. The normalized spacial score (nSPS) is 11.6. The van der Waals surface area contributed by atoms with E-state index in [9.17, 15) is 0 Å². The molecule has 1 aromatic carbocycles. The first-order chi connectivity index (χ1) is 8.08. The average molecular weight is 341 g/mol. The molecule has 4 nitrogen and oxygen atoms in total. The molecule has 0 aliphatic carbocycles. The summed E-state index contributed by atoms with van der Waals surface area (Å²) in [6.07, 6.45) is -0.349. The lowest BCUT2D eigenvalue weighted by Crippen LogP contribution is -2.23. The SMILES string of the molecule is COc1cc(CNCC(C)O)cc(Br)c1OC.Cl. The fourth-order valence-corrected chi connectivity index (χ4v) is 2.15. The van der Waals surface area contributed by atoms with Crippen molar-refractivity contribution in [2.24, 2.45) is 0 Å². The molecule has 0 saturated carbocycles. The van der Waals surface area contributed by atoms with Crippen molar-refractivity contribution in [3.63, 3.8) is 0 Å². The zero-order valence-electron chi connectivity index (χ0n) is 10.7. The molecule has 0 amide bonds. The molecule has 104 valence electrons. The summed E-state index contributed by atoms with van der Waals surface area (Å²) in [4.78, 5) is 0. The van der Waals surface area contributed by atoms with E-state index in [4.69, 9.17) is 14.6 Å². The average Bonchev–Trinajstić information content (AvgIpc) is 2.27. The third-order valence-corrected chi connectivity index (χ3v) is 2.85. The Hall–Kier alpha value is -0.490. The molecular weight excluding hydrogens is 321 g/mol. The molecule has 1 unspecified atom stereocenters. The Labute approximate surface area is 122 Å². The molecular formula is C12H19BrClNO3. The quantitative estimate of drug-likeness (QED) is 0.835. The third-order valence-electron chi connectivity index (χ3n) is 2.26. The van der Waals surface area contributed by atoms with Crippen molar-refractivity contribution in [1.82, 2.24) is 5.32 Å². The van der Waals surface area contributed by atoms with Gasteiger partial charge in [-0.3, -0.25) is 0 Å². The predicted molar refractivity (Wildman–Crippen MR) is 77.9 cm³/mol. The van der Waals surface area contributed by atoms with Crippen LogP contribution < -0.4 is 14.8 Å². The molecule has 1 rings (SSSR count). The predicted octanol–water partition coefficient (Wildman–Crippen LogP) is 2.36. The summed E-state index contributed by atoms with van der Waals surface area (Å²) in [5, 5.41) is 12.3. The molecule has 0 bridgehead atoms. The van der Waals surface area contributed by atoms with Gasteiger partial charge in [0.15, 0.2) is 11.5 Å². The van der Waals surface area contributed by atoms with E-state index in [-0.39, 0.29) is 18.5 Å². The second-order valence-electron chi connectivity index (χ2n) is 3.79. The Morgan fingerprint density at radius 3 is 2.50 bits per heavy atom. The maximum absolute atomic E-state index is 9.15. The monoisotopic (exact) mass is 339 g/mol. The largest absolute Gasteiger partial charge is 0.493 e. The van der Waals surface area contributed by atoms with E-state index < -0.39 is 0 Å². The summed E-state index contributed by atoms with van der Waals surface area (Å²) in [5.74, 6) is 1.38. The molecule has 1 aromatic rings. The molecule has 18 heavy (non-hydrogen) atoms. The number of methoxy groups -OCH3 is 2. The van der Waals surface area contributed by atoms with E-state index in [1.54, 1.807) is 21.1 Å². The number of ether oxygens (including phenoxy) is 2. The van der Waals surface area contributed by atoms with Crippen LogP contribution in [-0.2, 0) is 6.54 Å². The second-order valence-corrected chi connectivity index (χ2v) is 4.65. The Bertz CT molecular complexity index is 375. The molecule has 0 saturated heterocycles. The maximum Gasteiger partial charge on any atom is 0.174 e.